The lowest BCUT2D eigenvalue weighted by Gasteiger charge is -2.40. The predicted octanol–water partition coefficient (Wildman–Crippen LogP) is 3.89. The van der Waals surface area contributed by atoms with E-state index in [4.69, 9.17) is 4.18 Å². The molecule has 1 aromatic heterocycles. The van der Waals surface area contributed by atoms with Gasteiger partial charge in [-0.15, -0.1) is 0 Å². The minimum absolute atomic E-state index is 0.0163. The van der Waals surface area contributed by atoms with Crippen molar-refractivity contribution in [3.8, 4) is 5.75 Å². The Bertz CT molecular complexity index is 1010. The molecule has 2 saturated carbocycles. The van der Waals surface area contributed by atoms with Crippen molar-refractivity contribution in [1.82, 2.24) is 4.98 Å². The third-order valence-corrected chi connectivity index (χ3v) is 8.21. The standard InChI is InChI=1S/C21H25NO4S/c1-14-7-8-15-5-4-6-17(19(15)22-14)26-27(24,25)13-18-20(2,3)21(18)11-9-16(21)10-12-23/h4-8,12,16,18H,9-11,13H2,1-3H3. The molecule has 2 fully saturated rings. The van der Waals surface area contributed by atoms with Crippen molar-refractivity contribution in [2.45, 2.75) is 40.0 Å². The van der Waals surface area contributed by atoms with E-state index < -0.39 is 10.1 Å². The van der Waals surface area contributed by atoms with E-state index >= 15 is 0 Å². The van der Waals surface area contributed by atoms with Gasteiger partial charge in [-0.3, -0.25) is 0 Å². The van der Waals surface area contributed by atoms with Crippen LogP contribution in [0.4, 0.5) is 0 Å². The second kappa shape index (κ2) is 6.03. The normalized spacial score (nSPS) is 28.7. The first kappa shape index (κ1) is 18.4. The summed E-state index contributed by atoms with van der Waals surface area (Å²) in [7, 11) is -3.76. The van der Waals surface area contributed by atoms with E-state index in [2.05, 4.69) is 18.8 Å². The summed E-state index contributed by atoms with van der Waals surface area (Å²) in [5.41, 5.74) is 1.26. The maximum Gasteiger partial charge on any atom is 0.309 e. The van der Waals surface area contributed by atoms with Crippen molar-refractivity contribution < 1.29 is 17.4 Å². The maximum atomic E-state index is 12.8. The summed E-state index contributed by atoms with van der Waals surface area (Å²) in [4.78, 5) is 15.4. The Balaban J connectivity index is 1.57. The summed E-state index contributed by atoms with van der Waals surface area (Å²) in [5.74, 6) is 0.588. The van der Waals surface area contributed by atoms with Crippen LogP contribution in [0.5, 0.6) is 5.75 Å². The summed E-state index contributed by atoms with van der Waals surface area (Å²) >= 11 is 0. The van der Waals surface area contributed by atoms with Gasteiger partial charge in [0.05, 0.1) is 5.75 Å². The second-order valence-corrected chi connectivity index (χ2v) is 10.2. The molecule has 6 heteroatoms. The number of rotatable bonds is 6. The van der Waals surface area contributed by atoms with Crippen molar-refractivity contribution in [1.29, 1.82) is 0 Å². The Morgan fingerprint density at radius 1 is 1.26 bits per heavy atom. The molecule has 2 aromatic rings. The van der Waals surface area contributed by atoms with Crippen molar-refractivity contribution in [2.75, 3.05) is 5.75 Å². The Morgan fingerprint density at radius 2 is 2.04 bits per heavy atom. The molecule has 5 nitrogen and oxygen atoms in total. The van der Waals surface area contributed by atoms with Gasteiger partial charge in [0.2, 0.25) is 0 Å². The molecule has 0 radical (unpaired) electrons. The molecule has 0 N–H and O–H groups in total. The molecular weight excluding hydrogens is 362 g/mol. The Kier molecular flexibility index (Phi) is 4.11. The average Bonchev–Trinajstić information content (AvgIpc) is 3.08. The van der Waals surface area contributed by atoms with Gasteiger partial charge in [-0.05, 0) is 54.6 Å². The summed E-state index contributed by atoms with van der Waals surface area (Å²) in [5, 5.41) is 0.849. The minimum Gasteiger partial charge on any atom is -0.380 e. The van der Waals surface area contributed by atoms with Gasteiger partial charge in [-0.25, -0.2) is 4.98 Å². The van der Waals surface area contributed by atoms with Crippen molar-refractivity contribution in [2.24, 2.45) is 22.7 Å². The van der Waals surface area contributed by atoms with Crippen molar-refractivity contribution >= 4 is 27.3 Å². The minimum atomic E-state index is -3.76. The average molecular weight is 388 g/mol. The fourth-order valence-electron chi connectivity index (χ4n) is 5.43. The maximum absolute atomic E-state index is 12.8. The molecule has 1 heterocycles. The summed E-state index contributed by atoms with van der Waals surface area (Å²) in [6.45, 7) is 6.10. The molecule has 0 amide bonds. The number of hydrogen-bond acceptors (Lipinski definition) is 5. The summed E-state index contributed by atoms with van der Waals surface area (Å²) < 4.78 is 31.2. The van der Waals surface area contributed by atoms with E-state index in [1.54, 1.807) is 12.1 Å². The van der Waals surface area contributed by atoms with Gasteiger partial charge in [0.25, 0.3) is 0 Å². The number of carbonyl (C=O) groups is 1. The number of aryl methyl sites for hydroxylation is 1. The number of benzene rings is 1. The highest BCUT2D eigenvalue weighted by Crippen LogP contribution is 2.80. The predicted molar refractivity (Wildman–Crippen MR) is 104 cm³/mol. The van der Waals surface area contributed by atoms with Crippen LogP contribution in [-0.4, -0.2) is 25.4 Å². The molecule has 1 spiro atoms. The van der Waals surface area contributed by atoms with E-state index in [9.17, 15) is 13.2 Å². The van der Waals surface area contributed by atoms with E-state index in [1.807, 2.05) is 25.1 Å². The molecule has 2 aliphatic rings. The second-order valence-electron chi connectivity index (χ2n) is 8.54. The van der Waals surface area contributed by atoms with E-state index in [-0.39, 0.29) is 28.3 Å². The Morgan fingerprint density at radius 3 is 2.70 bits per heavy atom. The molecular formula is C21H25NO4S. The molecule has 0 saturated heterocycles. The number of para-hydroxylation sites is 1. The number of carbonyl (C=O) groups excluding carboxylic acids is 1. The van der Waals surface area contributed by atoms with Gasteiger partial charge < -0.3 is 8.98 Å². The topological polar surface area (TPSA) is 73.3 Å². The molecule has 4 rings (SSSR count). The number of fused-ring (bicyclic) bond motifs is 1. The van der Waals surface area contributed by atoms with Gasteiger partial charge in [0.15, 0.2) is 5.75 Å². The highest BCUT2D eigenvalue weighted by molar-refractivity contribution is 7.87. The third-order valence-electron chi connectivity index (χ3n) is 7.03. The lowest BCUT2D eigenvalue weighted by atomic mass is 9.64. The Hall–Kier alpha value is -1.95. The van der Waals surface area contributed by atoms with Gasteiger partial charge in [0, 0.05) is 17.5 Å². The fourth-order valence-corrected chi connectivity index (χ4v) is 7.03. The lowest BCUT2D eigenvalue weighted by molar-refractivity contribution is -0.110. The van der Waals surface area contributed by atoms with Crippen LogP contribution in [0.2, 0.25) is 0 Å². The van der Waals surface area contributed by atoms with Gasteiger partial charge in [-0.1, -0.05) is 32.0 Å². The first-order valence-electron chi connectivity index (χ1n) is 9.43. The molecule has 2 aliphatic carbocycles. The SMILES string of the molecule is Cc1ccc2cccc(OS(=O)(=O)CC3C(C)(C)C34CCC4CC=O)c2n1. The first-order valence-corrected chi connectivity index (χ1v) is 11.0. The first-order chi connectivity index (χ1) is 12.7. The van der Waals surface area contributed by atoms with E-state index in [1.165, 1.54) is 0 Å². The fraction of sp³-hybridized carbons (Fsp3) is 0.524. The van der Waals surface area contributed by atoms with Crippen LogP contribution in [0, 0.1) is 29.6 Å². The number of pyridine rings is 1. The lowest BCUT2D eigenvalue weighted by Crippen LogP contribution is -2.33. The molecule has 0 aliphatic heterocycles. The van der Waals surface area contributed by atoms with Gasteiger partial charge >= 0.3 is 10.1 Å². The van der Waals surface area contributed by atoms with E-state index in [0.717, 1.165) is 30.2 Å². The zero-order chi connectivity index (χ0) is 19.4. The van der Waals surface area contributed by atoms with Crippen LogP contribution in [-0.2, 0) is 14.9 Å². The number of nitrogens with zero attached hydrogens (tertiary/aromatic N) is 1. The molecule has 0 bridgehead atoms. The third kappa shape index (κ3) is 2.76. The number of aromatic nitrogens is 1. The van der Waals surface area contributed by atoms with Crippen LogP contribution in [0.25, 0.3) is 10.9 Å². The molecule has 3 atom stereocenters. The largest absolute Gasteiger partial charge is 0.380 e. The van der Waals surface area contributed by atoms with Gasteiger partial charge in [-0.2, -0.15) is 8.42 Å². The van der Waals surface area contributed by atoms with Crippen molar-refractivity contribution in [3.63, 3.8) is 0 Å². The monoisotopic (exact) mass is 387 g/mol. The quantitative estimate of drug-likeness (QED) is 0.555. The van der Waals surface area contributed by atoms with E-state index in [0.29, 0.717) is 17.9 Å². The summed E-state index contributed by atoms with van der Waals surface area (Å²) in [6.07, 6.45) is 3.49. The molecule has 144 valence electrons. The van der Waals surface area contributed by atoms with Crippen molar-refractivity contribution in [3.05, 3.63) is 36.0 Å². The zero-order valence-electron chi connectivity index (χ0n) is 15.9. The number of aldehydes is 1. The molecule has 27 heavy (non-hydrogen) atoms. The van der Waals surface area contributed by atoms with Gasteiger partial charge in [0.1, 0.15) is 11.8 Å². The smallest absolute Gasteiger partial charge is 0.309 e. The number of hydrogen-bond donors (Lipinski definition) is 0. The van der Waals surface area contributed by atoms with Crippen LogP contribution in [0.15, 0.2) is 30.3 Å². The zero-order valence-corrected chi connectivity index (χ0v) is 16.8. The molecule has 1 aromatic carbocycles. The highest BCUT2D eigenvalue weighted by atomic mass is 32.2. The van der Waals surface area contributed by atoms with Crippen LogP contribution in [0.1, 0.15) is 38.8 Å². The van der Waals surface area contributed by atoms with Crippen LogP contribution >= 0.6 is 0 Å². The van der Waals surface area contributed by atoms with Crippen LogP contribution < -0.4 is 4.18 Å². The summed E-state index contributed by atoms with van der Waals surface area (Å²) in [6, 6.07) is 9.12. The molecule has 3 unspecified atom stereocenters. The van der Waals surface area contributed by atoms with Crippen LogP contribution in [0.3, 0.4) is 0 Å². The Labute approximate surface area is 160 Å². The highest BCUT2D eigenvalue weighted by Gasteiger charge is 2.77.